The molecule has 2 unspecified atom stereocenters. The van der Waals surface area contributed by atoms with E-state index in [2.05, 4.69) is 10.6 Å². The normalized spacial score (nSPS) is 13.0. The molecule has 126 valence electrons. The van der Waals surface area contributed by atoms with Gasteiger partial charge in [-0.05, 0) is 38.0 Å². The maximum atomic E-state index is 11.9. The first-order chi connectivity index (χ1) is 11.5. The molecule has 0 bridgehead atoms. The number of rotatable bonds is 5. The average Bonchev–Trinajstić information content (AvgIpc) is 2.57. The van der Waals surface area contributed by atoms with Gasteiger partial charge in [-0.1, -0.05) is 48.0 Å². The topological polar surface area (TPSA) is 78.4 Å². The maximum Gasteiger partial charge on any atom is 0.313 e. The molecule has 0 aromatic heterocycles. The second-order valence-electron chi connectivity index (χ2n) is 5.86. The molecular weight excluding hydrogens is 304 g/mol. The largest absolute Gasteiger partial charge is 0.388 e. The minimum Gasteiger partial charge on any atom is -0.388 e. The zero-order valence-electron chi connectivity index (χ0n) is 13.8. The van der Waals surface area contributed by atoms with E-state index in [-0.39, 0.29) is 6.04 Å². The van der Waals surface area contributed by atoms with E-state index in [0.29, 0.717) is 12.1 Å². The van der Waals surface area contributed by atoms with Crippen LogP contribution in [-0.4, -0.2) is 23.0 Å². The summed E-state index contributed by atoms with van der Waals surface area (Å²) < 4.78 is 0. The van der Waals surface area contributed by atoms with E-state index in [1.165, 1.54) is 0 Å². The van der Waals surface area contributed by atoms with Crippen molar-refractivity contribution in [1.29, 1.82) is 0 Å². The minimum absolute atomic E-state index is 0.327. The van der Waals surface area contributed by atoms with Gasteiger partial charge in [0, 0.05) is 11.7 Å². The fourth-order valence-corrected chi connectivity index (χ4v) is 2.32. The highest BCUT2D eigenvalue weighted by Gasteiger charge is 2.19. The molecule has 0 fully saturated rings. The van der Waals surface area contributed by atoms with Crippen molar-refractivity contribution in [3.8, 4) is 0 Å². The molecule has 0 saturated carbocycles. The monoisotopic (exact) mass is 326 g/mol. The molecule has 2 aromatic carbocycles. The van der Waals surface area contributed by atoms with Crippen molar-refractivity contribution >= 4 is 17.5 Å². The Hall–Kier alpha value is -2.66. The van der Waals surface area contributed by atoms with Crippen LogP contribution >= 0.6 is 0 Å². The number of amides is 2. The maximum absolute atomic E-state index is 11.9. The lowest BCUT2D eigenvalue weighted by Gasteiger charge is -2.18. The number of carbonyl (C=O) groups is 2. The van der Waals surface area contributed by atoms with Crippen molar-refractivity contribution < 1.29 is 14.7 Å². The molecule has 2 amide bonds. The molecule has 0 aliphatic rings. The molecule has 2 rings (SSSR count). The second kappa shape index (κ2) is 8.26. The Morgan fingerprint density at radius 3 is 2.25 bits per heavy atom. The number of aliphatic hydroxyl groups excluding tert-OH is 1. The number of anilines is 1. The molecule has 0 saturated heterocycles. The summed E-state index contributed by atoms with van der Waals surface area (Å²) in [5.74, 6) is -1.44. The van der Waals surface area contributed by atoms with Crippen molar-refractivity contribution in [2.24, 2.45) is 0 Å². The van der Waals surface area contributed by atoms with E-state index < -0.39 is 17.9 Å². The van der Waals surface area contributed by atoms with Crippen LogP contribution < -0.4 is 10.6 Å². The Bertz CT molecular complexity index is 684. The highest BCUT2D eigenvalue weighted by atomic mass is 16.3. The summed E-state index contributed by atoms with van der Waals surface area (Å²) in [6.45, 7) is 3.70. The molecule has 24 heavy (non-hydrogen) atoms. The summed E-state index contributed by atoms with van der Waals surface area (Å²) in [7, 11) is 0. The minimum atomic E-state index is -0.722. The summed E-state index contributed by atoms with van der Waals surface area (Å²) in [6.07, 6.45) is -0.366. The van der Waals surface area contributed by atoms with E-state index in [1.807, 2.05) is 49.4 Å². The van der Waals surface area contributed by atoms with Crippen molar-refractivity contribution in [2.75, 3.05) is 5.32 Å². The predicted molar refractivity (Wildman–Crippen MR) is 93.4 cm³/mol. The Labute approximate surface area is 141 Å². The van der Waals surface area contributed by atoms with Gasteiger partial charge in [0.1, 0.15) is 0 Å². The number of hydrogen-bond donors (Lipinski definition) is 3. The Morgan fingerprint density at radius 2 is 1.62 bits per heavy atom. The number of carbonyl (C=O) groups excluding carboxylic acids is 2. The first-order valence-corrected chi connectivity index (χ1v) is 7.87. The fraction of sp³-hybridized carbons (Fsp3) is 0.263. The van der Waals surface area contributed by atoms with Gasteiger partial charge < -0.3 is 15.7 Å². The van der Waals surface area contributed by atoms with Crippen LogP contribution in [0.3, 0.4) is 0 Å². The Morgan fingerprint density at radius 1 is 1.00 bits per heavy atom. The molecule has 5 nitrogen and oxygen atoms in total. The third kappa shape index (κ3) is 5.21. The van der Waals surface area contributed by atoms with Gasteiger partial charge in [0.15, 0.2) is 0 Å². The molecule has 5 heteroatoms. The van der Waals surface area contributed by atoms with Gasteiger partial charge in [0.2, 0.25) is 0 Å². The van der Waals surface area contributed by atoms with Crippen LogP contribution in [0.4, 0.5) is 5.69 Å². The van der Waals surface area contributed by atoms with Crippen LogP contribution in [0.25, 0.3) is 0 Å². The summed E-state index contributed by atoms with van der Waals surface area (Å²) in [6, 6.07) is 16.1. The molecule has 0 radical (unpaired) electrons. The third-order valence-corrected chi connectivity index (χ3v) is 3.65. The zero-order chi connectivity index (χ0) is 17.5. The molecule has 0 spiro atoms. The van der Waals surface area contributed by atoms with Crippen molar-refractivity contribution in [1.82, 2.24) is 5.32 Å². The molecule has 0 aliphatic heterocycles. The van der Waals surface area contributed by atoms with Gasteiger partial charge in [0.05, 0.1) is 6.10 Å². The molecule has 0 heterocycles. The average molecular weight is 326 g/mol. The van der Waals surface area contributed by atoms with Crippen LogP contribution in [0.15, 0.2) is 54.6 Å². The highest BCUT2D eigenvalue weighted by molar-refractivity contribution is 6.39. The fourth-order valence-electron chi connectivity index (χ4n) is 2.32. The summed E-state index contributed by atoms with van der Waals surface area (Å²) in [5.41, 5.74) is 2.42. The third-order valence-electron chi connectivity index (χ3n) is 3.65. The summed E-state index contributed by atoms with van der Waals surface area (Å²) >= 11 is 0. The lowest BCUT2D eigenvalue weighted by atomic mass is 10.0. The number of benzene rings is 2. The van der Waals surface area contributed by atoms with Gasteiger partial charge in [0.25, 0.3) is 0 Å². The number of aliphatic hydroxyl groups is 1. The van der Waals surface area contributed by atoms with E-state index in [1.54, 1.807) is 19.1 Å². The van der Waals surface area contributed by atoms with Crippen molar-refractivity contribution in [3.63, 3.8) is 0 Å². The predicted octanol–water partition coefficient (Wildman–Crippen LogP) is 2.56. The van der Waals surface area contributed by atoms with E-state index in [4.69, 9.17) is 0 Å². The summed E-state index contributed by atoms with van der Waals surface area (Å²) in [5, 5.41) is 15.3. The van der Waals surface area contributed by atoms with Crippen LogP contribution in [0.1, 0.15) is 30.6 Å². The number of hydrogen-bond acceptors (Lipinski definition) is 3. The van der Waals surface area contributed by atoms with Crippen molar-refractivity contribution in [2.45, 2.75) is 32.4 Å². The standard InChI is InChI=1S/C19H22N2O3/c1-13-8-10-16(11-9-13)21-19(24)18(23)20-14(2)12-17(22)15-6-4-3-5-7-15/h3-11,14,17,22H,12H2,1-2H3,(H,20,23)(H,21,24). The van der Waals surface area contributed by atoms with Gasteiger partial charge in [-0.3, -0.25) is 9.59 Å². The SMILES string of the molecule is Cc1ccc(NC(=O)C(=O)NC(C)CC(O)c2ccccc2)cc1. The van der Waals surface area contributed by atoms with Crippen LogP contribution in [-0.2, 0) is 9.59 Å². The molecule has 2 aromatic rings. The Balaban J connectivity index is 1.84. The van der Waals surface area contributed by atoms with E-state index >= 15 is 0 Å². The van der Waals surface area contributed by atoms with Gasteiger partial charge in [-0.2, -0.15) is 0 Å². The molecular formula is C19H22N2O3. The zero-order valence-corrected chi connectivity index (χ0v) is 13.8. The second-order valence-corrected chi connectivity index (χ2v) is 5.86. The molecule has 2 atom stereocenters. The van der Waals surface area contributed by atoms with Gasteiger partial charge in [-0.25, -0.2) is 0 Å². The van der Waals surface area contributed by atoms with E-state index in [0.717, 1.165) is 11.1 Å². The molecule has 3 N–H and O–H groups in total. The van der Waals surface area contributed by atoms with Gasteiger partial charge >= 0.3 is 11.8 Å². The number of nitrogens with one attached hydrogen (secondary N) is 2. The van der Waals surface area contributed by atoms with Gasteiger partial charge in [-0.15, -0.1) is 0 Å². The molecule has 0 aliphatic carbocycles. The lowest BCUT2D eigenvalue weighted by molar-refractivity contribution is -0.136. The lowest BCUT2D eigenvalue weighted by Crippen LogP contribution is -2.41. The van der Waals surface area contributed by atoms with Crippen LogP contribution in [0, 0.1) is 6.92 Å². The van der Waals surface area contributed by atoms with Crippen LogP contribution in [0.5, 0.6) is 0 Å². The first-order valence-electron chi connectivity index (χ1n) is 7.87. The van der Waals surface area contributed by atoms with Crippen molar-refractivity contribution in [3.05, 3.63) is 65.7 Å². The smallest absolute Gasteiger partial charge is 0.313 e. The highest BCUT2D eigenvalue weighted by Crippen LogP contribution is 2.17. The summed E-state index contributed by atoms with van der Waals surface area (Å²) in [4.78, 5) is 23.8. The quantitative estimate of drug-likeness (QED) is 0.739. The number of aryl methyl sites for hydroxylation is 1. The van der Waals surface area contributed by atoms with E-state index in [9.17, 15) is 14.7 Å². The first kappa shape index (κ1) is 17.7. The Kier molecular flexibility index (Phi) is 6.09. The van der Waals surface area contributed by atoms with Crippen LogP contribution in [0.2, 0.25) is 0 Å².